The topological polar surface area (TPSA) is 80.2 Å². The van der Waals surface area contributed by atoms with Gasteiger partial charge in [-0.25, -0.2) is 5.43 Å². The third-order valence-corrected chi connectivity index (χ3v) is 4.33. The number of aromatic hydroxyl groups is 1. The molecular formula is C21H22Cl2N2O4. The number of allylic oxidation sites excluding steroid dienone is 1. The van der Waals surface area contributed by atoms with Crippen LogP contribution in [0, 0.1) is 0 Å². The zero-order chi connectivity index (χ0) is 21.4. The van der Waals surface area contributed by atoms with Crippen LogP contribution in [0.25, 0.3) is 0 Å². The molecule has 0 aliphatic carbocycles. The Morgan fingerprint density at radius 2 is 2.07 bits per heavy atom. The fourth-order valence-electron chi connectivity index (χ4n) is 2.42. The summed E-state index contributed by atoms with van der Waals surface area (Å²) in [6.07, 6.45) is 2.76. The van der Waals surface area contributed by atoms with Crippen molar-refractivity contribution in [2.45, 2.75) is 26.4 Å². The summed E-state index contributed by atoms with van der Waals surface area (Å²) in [4.78, 5) is 12.2. The molecule has 1 unspecified atom stereocenters. The molecule has 1 amide bonds. The molecule has 2 rings (SSSR count). The lowest BCUT2D eigenvalue weighted by atomic mass is 10.1. The van der Waals surface area contributed by atoms with Crippen LogP contribution in [0.1, 0.15) is 25.0 Å². The van der Waals surface area contributed by atoms with E-state index in [-0.39, 0.29) is 5.75 Å². The quantitative estimate of drug-likeness (QED) is 0.337. The van der Waals surface area contributed by atoms with E-state index >= 15 is 0 Å². The van der Waals surface area contributed by atoms with Crippen molar-refractivity contribution in [3.63, 3.8) is 0 Å². The van der Waals surface area contributed by atoms with Crippen LogP contribution in [-0.4, -0.2) is 29.9 Å². The summed E-state index contributed by atoms with van der Waals surface area (Å²) in [5, 5.41) is 15.0. The summed E-state index contributed by atoms with van der Waals surface area (Å²) < 4.78 is 11.0. The second kappa shape index (κ2) is 10.7. The molecule has 0 saturated carbocycles. The van der Waals surface area contributed by atoms with Gasteiger partial charge < -0.3 is 14.6 Å². The normalized spacial score (nSPS) is 11.9. The summed E-state index contributed by atoms with van der Waals surface area (Å²) in [6, 6.07) is 8.11. The van der Waals surface area contributed by atoms with Crippen molar-refractivity contribution in [1.82, 2.24) is 5.43 Å². The molecule has 0 spiro atoms. The second-order valence-corrected chi connectivity index (χ2v) is 6.87. The number of nitrogens with zero attached hydrogens (tertiary/aromatic N) is 1. The summed E-state index contributed by atoms with van der Waals surface area (Å²) in [6.45, 7) is 7.48. The molecule has 0 fully saturated rings. The average molecular weight is 437 g/mol. The number of rotatable bonds is 9. The van der Waals surface area contributed by atoms with E-state index in [0.29, 0.717) is 45.7 Å². The maximum absolute atomic E-state index is 12.2. The molecule has 2 aromatic rings. The Morgan fingerprint density at radius 3 is 2.72 bits per heavy atom. The predicted octanol–water partition coefficient (Wildman–Crippen LogP) is 4.74. The fraction of sp³-hybridized carbons (Fsp3) is 0.238. The van der Waals surface area contributed by atoms with Crippen molar-refractivity contribution < 1.29 is 19.4 Å². The van der Waals surface area contributed by atoms with Crippen LogP contribution in [0.2, 0.25) is 10.0 Å². The molecule has 6 nitrogen and oxygen atoms in total. The number of hydrogen-bond acceptors (Lipinski definition) is 5. The molecular weight excluding hydrogens is 415 g/mol. The maximum atomic E-state index is 12.2. The lowest BCUT2D eigenvalue weighted by Crippen LogP contribution is -2.33. The molecule has 0 saturated heterocycles. The maximum Gasteiger partial charge on any atom is 0.280 e. The number of benzene rings is 2. The highest BCUT2D eigenvalue weighted by Gasteiger charge is 2.16. The van der Waals surface area contributed by atoms with Gasteiger partial charge in [0.05, 0.1) is 17.8 Å². The Labute approximate surface area is 179 Å². The number of carbonyl (C=O) groups excluding carboxylic acids is 1. The smallest absolute Gasteiger partial charge is 0.280 e. The van der Waals surface area contributed by atoms with Gasteiger partial charge in [-0.1, -0.05) is 29.3 Å². The van der Waals surface area contributed by atoms with E-state index in [9.17, 15) is 9.90 Å². The molecule has 2 aromatic carbocycles. The molecule has 0 radical (unpaired) electrons. The minimum atomic E-state index is -0.832. The van der Waals surface area contributed by atoms with Crippen LogP contribution in [0.15, 0.2) is 48.1 Å². The molecule has 154 valence electrons. The minimum absolute atomic E-state index is 0.0646. The van der Waals surface area contributed by atoms with Gasteiger partial charge in [0.25, 0.3) is 5.91 Å². The Morgan fingerprint density at radius 1 is 1.31 bits per heavy atom. The molecule has 0 bridgehead atoms. The highest BCUT2D eigenvalue weighted by Crippen LogP contribution is 2.32. The van der Waals surface area contributed by atoms with Crippen molar-refractivity contribution >= 4 is 35.3 Å². The van der Waals surface area contributed by atoms with Gasteiger partial charge in [0.2, 0.25) is 0 Å². The Bertz CT molecular complexity index is 916. The highest BCUT2D eigenvalue weighted by atomic mass is 35.5. The van der Waals surface area contributed by atoms with Crippen LogP contribution in [0.3, 0.4) is 0 Å². The van der Waals surface area contributed by atoms with Crippen molar-refractivity contribution in [3.05, 3.63) is 64.2 Å². The van der Waals surface area contributed by atoms with Gasteiger partial charge in [0.15, 0.2) is 17.6 Å². The molecule has 0 heterocycles. The van der Waals surface area contributed by atoms with Crippen LogP contribution in [0.5, 0.6) is 17.2 Å². The molecule has 0 aliphatic rings. The van der Waals surface area contributed by atoms with E-state index in [0.717, 1.165) is 0 Å². The number of amides is 1. The molecule has 8 heteroatoms. The zero-order valence-corrected chi connectivity index (χ0v) is 17.6. The van der Waals surface area contributed by atoms with Crippen molar-refractivity contribution in [2.75, 3.05) is 6.61 Å². The number of ether oxygens (including phenoxy) is 2. The average Bonchev–Trinajstić information content (AvgIpc) is 2.67. The summed E-state index contributed by atoms with van der Waals surface area (Å²) in [7, 11) is 0. The summed E-state index contributed by atoms with van der Waals surface area (Å²) in [5.41, 5.74) is 3.71. The third kappa shape index (κ3) is 6.41. The van der Waals surface area contributed by atoms with Crippen LogP contribution < -0.4 is 14.9 Å². The van der Waals surface area contributed by atoms with Gasteiger partial charge in [-0.05, 0) is 56.2 Å². The third-order valence-electron chi connectivity index (χ3n) is 3.80. The molecule has 29 heavy (non-hydrogen) atoms. The number of hydrazone groups is 1. The van der Waals surface area contributed by atoms with E-state index < -0.39 is 12.0 Å². The van der Waals surface area contributed by atoms with Crippen LogP contribution in [0.4, 0.5) is 0 Å². The lowest BCUT2D eigenvalue weighted by molar-refractivity contribution is -0.127. The number of hydrogen-bond donors (Lipinski definition) is 2. The highest BCUT2D eigenvalue weighted by molar-refractivity contribution is 6.35. The largest absolute Gasteiger partial charge is 0.504 e. The number of halogens is 2. The zero-order valence-electron chi connectivity index (χ0n) is 16.1. The van der Waals surface area contributed by atoms with E-state index in [1.54, 1.807) is 37.3 Å². The lowest BCUT2D eigenvalue weighted by Gasteiger charge is -2.14. The number of phenolic OH excluding ortho intramolecular Hbond substituents is 1. The van der Waals surface area contributed by atoms with Crippen molar-refractivity contribution in [2.24, 2.45) is 5.10 Å². The van der Waals surface area contributed by atoms with E-state index in [4.69, 9.17) is 32.7 Å². The number of carbonyl (C=O) groups is 1. The first-order valence-electron chi connectivity index (χ1n) is 8.89. The van der Waals surface area contributed by atoms with Crippen molar-refractivity contribution in [3.8, 4) is 17.2 Å². The number of phenols is 1. The van der Waals surface area contributed by atoms with Gasteiger partial charge >= 0.3 is 0 Å². The second-order valence-electron chi connectivity index (χ2n) is 6.02. The van der Waals surface area contributed by atoms with Gasteiger partial charge in [-0.3, -0.25) is 4.79 Å². The number of nitrogens with one attached hydrogen (secondary N) is 1. The van der Waals surface area contributed by atoms with Gasteiger partial charge in [0, 0.05) is 10.6 Å². The van der Waals surface area contributed by atoms with Gasteiger partial charge in [0.1, 0.15) is 5.75 Å². The first-order chi connectivity index (χ1) is 13.8. The van der Waals surface area contributed by atoms with Gasteiger partial charge in [-0.2, -0.15) is 5.10 Å². The molecule has 1 atom stereocenters. The van der Waals surface area contributed by atoms with Crippen LogP contribution in [-0.2, 0) is 11.2 Å². The molecule has 2 N–H and O–H groups in total. The standard InChI is InChI=1S/C21H22Cl2N2O4/c1-4-6-15-9-14(10-19(20(15)26)28-5-2)12-24-25-21(27)13(3)29-18-8-7-16(22)11-17(18)23/h4,7-13,26H,1,5-6H2,2-3H3,(H,25,27)/b24-12+. The van der Waals surface area contributed by atoms with Crippen LogP contribution >= 0.6 is 23.2 Å². The Hall–Kier alpha value is -2.70. The fourth-order valence-corrected chi connectivity index (χ4v) is 2.87. The SMILES string of the molecule is C=CCc1cc(/C=N/NC(=O)C(C)Oc2ccc(Cl)cc2Cl)cc(OCC)c1O. The Kier molecular flexibility index (Phi) is 8.36. The van der Waals surface area contributed by atoms with Gasteiger partial charge in [-0.15, -0.1) is 6.58 Å². The first kappa shape index (κ1) is 22.6. The van der Waals surface area contributed by atoms with Crippen molar-refractivity contribution in [1.29, 1.82) is 0 Å². The summed E-state index contributed by atoms with van der Waals surface area (Å²) in [5.74, 6) is 0.294. The summed E-state index contributed by atoms with van der Waals surface area (Å²) >= 11 is 11.9. The first-order valence-corrected chi connectivity index (χ1v) is 9.65. The predicted molar refractivity (Wildman–Crippen MR) is 115 cm³/mol. The monoisotopic (exact) mass is 436 g/mol. The molecule has 0 aromatic heterocycles. The minimum Gasteiger partial charge on any atom is -0.504 e. The van der Waals surface area contributed by atoms with E-state index in [1.165, 1.54) is 12.3 Å². The van der Waals surface area contributed by atoms with E-state index in [1.807, 2.05) is 6.92 Å². The molecule has 0 aliphatic heterocycles. The van der Waals surface area contributed by atoms with E-state index in [2.05, 4.69) is 17.1 Å². The Balaban J connectivity index is 2.05.